The number of hydrogen-bond donors (Lipinski definition) is 0. The summed E-state index contributed by atoms with van der Waals surface area (Å²) < 4.78 is 10.3. The molecular weight excluding hydrogens is 254 g/mol. The van der Waals surface area contributed by atoms with Crippen LogP contribution in [0.5, 0.6) is 11.9 Å². The molecule has 0 N–H and O–H groups in total. The van der Waals surface area contributed by atoms with Crippen molar-refractivity contribution in [1.29, 1.82) is 0 Å². The van der Waals surface area contributed by atoms with E-state index in [0.29, 0.717) is 5.88 Å². The molecule has 0 atom stereocenters. The normalized spacial score (nSPS) is 10.5. The fourth-order valence-electron chi connectivity index (χ4n) is 2.12. The molecule has 0 aliphatic heterocycles. The topological polar surface area (TPSA) is 57.1 Å². The summed E-state index contributed by atoms with van der Waals surface area (Å²) in [6.07, 6.45) is 5.31. The Morgan fingerprint density at radius 3 is 2.55 bits per heavy atom. The molecule has 0 bridgehead atoms. The van der Waals surface area contributed by atoms with Crippen LogP contribution < -0.4 is 9.47 Å². The fraction of sp³-hybridized carbons (Fsp3) is 0.133. The van der Waals surface area contributed by atoms with Crippen LogP contribution in [0.25, 0.3) is 21.9 Å². The zero-order chi connectivity index (χ0) is 13.9. The van der Waals surface area contributed by atoms with Crippen LogP contribution >= 0.6 is 0 Å². The van der Waals surface area contributed by atoms with Crippen molar-refractivity contribution < 1.29 is 9.47 Å². The van der Waals surface area contributed by atoms with Gasteiger partial charge in [-0.2, -0.15) is 4.98 Å². The summed E-state index contributed by atoms with van der Waals surface area (Å²) in [4.78, 5) is 12.6. The first-order valence-electron chi connectivity index (χ1n) is 6.11. The van der Waals surface area contributed by atoms with Crippen LogP contribution in [0.15, 0.2) is 42.9 Å². The van der Waals surface area contributed by atoms with Crippen molar-refractivity contribution in [3.05, 3.63) is 42.9 Å². The molecule has 2 heterocycles. The van der Waals surface area contributed by atoms with Gasteiger partial charge < -0.3 is 9.47 Å². The molecule has 0 saturated carbocycles. The van der Waals surface area contributed by atoms with Crippen molar-refractivity contribution in [2.24, 2.45) is 0 Å². The van der Waals surface area contributed by atoms with Crippen molar-refractivity contribution in [3.63, 3.8) is 0 Å². The maximum absolute atomic E-state index is 5.33. The third-order valence-corrected chi connectivity index (χ3v) is 3.07. The van der Waals surface area contributed by atoms with Gasteiger partial charge in [-0.05, 0) is 5.39 Å². The standard InChI is InChI=1S/C15H13N3O2/c1-19-14-13(9-17-15(18-14)20-2)12-8-16-7-10-5-3-4-6-11(10)12/h3-9H,1-2H3. The largest absolute Gasteiger partial charge is 0.480 e. The van der Waals surface area contributed by atoms with Gasteiger partial charge in [-0.15, -0.1) is 0 Å². The number of fused-ring (bicyclic) bond motifs is 1. The van der Waals surface area contributed by atoms with E-state index in [0.717, 1.165) is 21.9 Å². The van der Waals surface area contributed by atoms with E-state index in [1.54, 1.807) is 19.5 Å². The smallest absolute Gasteiger partial charge is 0.319 e. The van der Waals surface area contributed by atoms with Crippen LogP contribution in [0, 0.1) is 0 Å². The zero-order valence-electron chi connectivity index (χ0n) is 11.2. The molecule has 20 heavy (non-hydrogen) atoms. The summed E-state index contributed by atoms with van der Waals surface area (Å²) in [6, 6.07) is 8.30. The second-order valence-corrected chi connectivity index (χ2v) is 4.19. The van der Waals surface area contributed by atoms with Crippen LogP contribution in [-0.4, -0.2) is 29.2 Å². The quantitative estimate of drug-likeness (QED) is 0.730. The Hall–Kier alpha value is -2.69. The summed E-state index contributed by atoms with van der Waals surface area (Å²) in [7, 11) is 3.09. The van der Waals surface area contributed by atoms with Crippen molar-refractivity contribution in [3.8, 4) is 23.0 Å². The van der Waals surface area contributed by atoms with Gasteiger partial charge in [-0.3, -0.25) is 4.98 Å². The Morgan fingerprint density at radius 1 is 0.900 bits per heavy atom. The van der Waals surface area contributed by atoms with Gasteiger partial charge in [-0.1, -0.05) is 24.3 Å². The van der Waals surface area contributed by atoms with Gasteiger partial charge in [0.25, 0.3) is 0 Å². The van der Waals surface area contributed by atoms with Crippen molar-refractivity contribution in [1.82, 2.24) is 15.0 Å². The predicted molar refractivity (Wildman–Crippen MR) is 75.9 cm³/mol. The summed E-state index contributed by atoms with van der Waals surface area (Å²) in [6.45, 7) is 0. The highest BCUT2D eigenvalue weighted by Crippen LogP contribution is 2.33. The van der Waals surface area contributed by atoms with Crippen molar-refractivity contribution in [2.45, 2.75) is 0 Å². The molecule has 0 radical (unpaired) electrons. The van der Waals surface area contributed by atoms with Crippen LogP contribution in [0.3, 0.4) is 0 Å². The molecule has 0 unspecified atom stereocenters. The Bertz CT molecular complexity index is 754. The van der Waals surface area contributed by atoms with Gasteiger partial charge in [0.2, 0.25) is 5.88 Å². The van der Waals surface area contributed by atoms with Crippen LogP contribution in [-0.2, 0) is 0 Å². The average molecular weight is 267 g/mol. The maximum Gasteiger partial charge on any atom is 0.319 e. The lowest BCUT2D eigenvalue weighted by molar-refractivity contribution is 0.353. The zero-order valence-corrected chi connectivity index (χ0v) is 11.2. The minimum atomic E-state index is 0.277. The molecule has 0 spiro atoms. The summed E-state index contributed by atoms with van der Waals surface area (Å²) in [5.41, 5.74) is 1.72. The molecule has 0 saturated heterocycles. The minimum Gasteiger partial charge on any atom is -0.480 e. The maximum atomic E-state index is 5.33. The van der Waals surface area contributed by atoms with E-state index in [-0.39, 0.29) is 6.01 Å². The molecule has 3 rings (SSSR count). The third-order valence-electron chi connectivity index (χ3n) is 3.07. The Labute approximate surface area is 116 Å². The Balaban J connectivity index is 2.25. The van der Waals surface area contributed by atoms with Crippen LogP contribution in [0.2, 0.25) is 0 Å². The summed E-state index contributed by atoms with van der Waals surface area (Å²) in [5.74, 6) is 0.468. The van der Waals surface area contributed by atoms with Crippen molar-refractivity contribution >= 4 is 10.8 Å². The molecule has 5 nitrogen and oxygen atoms in total. The van der Waals surface area contributed by atoms with Gasteiger partial charge in [-0.25, -0.2) is 4.98 Å². The van der Waals surface area contributed by atoms with Gasteiger partial charge in [0, 0.05) is 29.5 Å². The van der Waals surface area contributed by atoms with E-state index in [1.165, 1.54) is 7.11 Å². The number of hydrogen-bond acceptors (Lipinski definition) is 5. The molecular formula is C15H13N3O2. The first-order valence-corrected chi connectivity index (χ1v) is 6.11. The van der Waals surface area contributed by atoms with Gasteiger partial charge in [0.15, 0.2) is 0 Å². The number of ether oxygens (including phenoxy) is 2. The second kappa shape index (κ2) is 5.13. The van der Waals surface area contributed by atoms with Gasteiger partial charge >= 0.3 is 6.01 Å². The van der Waals surface area contributed by atoms with E-state index in [2.05, 4.69) is 15.0 Å². The molecule has 0 aliphatic rings. The first kappa shape index (κ1) is 12.3. The highest BCUT2D eigenvalue weighted by Gasteiger charge is 2.13. The average Bonchev–Trinajstić information content (AvgIpc) is 2.53. The predicted octanol–water partition coefficient (Wildman–Crippen LogP) is 2.71. The van der Waals surface area contributed by atoms with Crippen LogP contribution in [0.1, 0.15) is 0 Å². The van der Waals surface area contributed by atoms with E-state index >= 15 is 0 Å². The molecule has 3 aromatic rings. The molecule has 0 aliphatic carbocycles. The third kappa shape index (κ3) is 2.03. The highest BCUT2D eigenvalue weighted by molar-refractivity contribution is 5.96. The summed E-state index contributed by atoms with van der Waals surface area (Å²) >= 11 is 0. The van der Waals surface area contributed by atoms with E-state index in [1.807, 2.05) is 30.5 Å². The Kier molecular flexibility index (Phi) is 3.16. The second-order valence-electron chi connectivity index (χ2n) is 4.19. The number of pyridine rings is 1. The van der Waals surface area contributed by atoms with Crippen LogP contribution in [0.4, 0.5) is 0 Å². The first-order chi connectivity index (χ1) is 9.83. The lowest BCUT2D eigenvalue weighted by Gasteiger charge is -2.10. The molecule has 0 amide bonds. The molecule has 100 valence electrons. The molecule has 0 fully saturated rings. The molecule has 2 aromatic heterocycles. The molecule has 5 heteroatoms. The van der Waals surface area contributed by atoms with Gasteiger partial charge in [0.05, 0.1) is 19.8 Å². The lowest BCUT2D eigenvalue weighted by Crippen LogP contribution is -1.98. The van der Waals surface area contributed by atoms with E-state index in [9.17, 15) is 0 Å². The monoisotopic (exact) mass is 267 g/mol. The summed E-state index contributed by atoms with van der Waals surface area (Å²) in [5, 5.41) is 2.14. The lowest BCUT2D eigenvalue weighted by atomic mass is 10.0. The number of aromatic nitrogens is 3. The number of methoxy groups -OCH3 is 2. The number of rotatable bonds is 3. The highest BCUT2D eigenvalue weighted by atomic mass is 16.5. The Morgan fingerprint density at radius 2 is 1.75 bits per heavy atom. The van der Waals surface area contributed by atoms with Gasteiger partial charge in [0.1, 0.15) is 0 Å². The molecule has 1 aromatic carbocycles. The van der Waals surface area contributed by atoms with Crippen molar-refractivity contribution in [2.75, 3.05) is 14.2 Å². The fourth-order valence-corrected chi connectivity index (χ4v) is 2.12. The number of benzene rings is 1. The number of nitrogens with zero attached hydrogens (tertiary/aromatic N) is 3. The minimum absolute atomic E-state index is 0.277. The SMILES string of the molecule is COc1ncc(-c2cncc3ccccc23)c(OC)n1. The van der Waals surface area contributed by atoms with E-state index in [4.69, 9.17) is 9.47 Å². The van der Waals surface area contributed by atoms with E-state index < -0.39 is 0 Å².